The summed E-state index contributed by atoms with van der Waals surface area (Å²) in [5.41, 5.74) is 0.181. The van der Waals surface area contributed by atoms with Gasteiger partial charge in [-0.3, -0.25) is 14.8 Å². The van der Waals surface area contributed by atoms with Crippen LogP contribution in [0.1, 0.15) is 6.23 Å². The molecule has 11 nitrogen and oxygen atoms in total. The Balaban J connectivity index is 2.02. The van der Waals surface area contributed by atoms with Crippen molar-refractivity contribution in [1.82, 2.24) is 19.1 Å². The Kier molecular flexibility index (Phi) is 3.85. The highest BCUT2D eigenvalue weighted by molar-refractivity contribution is 5.70. The van der Waals surface area contributed by atoms with Crippen LogP contribution < -0.4 is 5.49 Å². The number of rotatable bonds is 4. The number of carboxylic acids is 1. The quantitative estimate of drug-likeness (QED) is 0.408. The molecule has 2 aromatic rings. The van der Waals surface area contributed by atoms with Crippen molar-refractivity contribution in [3.05, 3.63) is 18.1 Å². The van der Waals surface area contributed by atoms with Crippen LogP contribution in [-0.2, 0) is 16.1 Å². The SMILES string of the molecule is N=c1c2ncn([C@@H]3O[C@H](CO)[C@@H](O)[C@H]3O)c2ncn1CC(=O)O. The van der Waals surface area contributed by atoms with E-state index < -0.39 is 43.7 Å². The summed E-state index contributed by atoms with van der Waals surface area (Å²) in [6.45, 7) is -0.889. The number of hydrogen-bond donors (Lipinski definition) is 5. The third-order valence-electron chi connectivity index (χ3n) is 3.70. The maximum atomic E-state index is 10.8. The van der Waals surface area contributed by atoms with Crippen molar-refractivity contribution < 1.29 is 30.0 Å². The minimum Gasteiger partial charge on any atom is -0.480 e. The second-order valence-corrected chi connectivity index (χ2v) is 5.17. The van der Waals surface area contributed by atoms with Crippen LogP contribution in [0.15, 0.2) is 12.7 Å². The van der Waals surface area contributed by atoms with Gasteiger partial charge in [0.2, 0.25) is 0 Å². The first kappa shape index (κ1) is 15.6. The molecule has 0 aliphatic carbocycles. The zero-order valence-electron chi connectivity index (χ0n) is 11.8. The fourth-order valence-corrected chi connectivity index (χ4v) is 2.53. The van der Waals surface area contributed by atoms with Crippen molar-refractivity contribution in [2.24, 2.45) is 0 Å². The van der Waals surface area contributed by atoms with E-state index in [-0.39, 0.29) is 16.7 Å². The third-order valence-corrected chi connectivity index (χ3v) is 3.70. The van der Waals surface area contributed by atoms with Gasteiger partial charge in [0, 0.05) is 0 Å². The number of fused-ring (bicyclic) bond motifs is 1. The van der Waals surface area contributed by atoms with E-state index in [4.69, 9.17) is 20.4 Å². The minimum absolute atomic E-state index is 0.131. The lowest BCUT2D eigenvalue weighted by Crippen LogP contribution is -2.33. The molecule has 0 bridgehead atoms. The first-order chi connectivity index (χ1) is 10.9. The summed E-state index contributed by atoms with van der Waals surface area (Å²) < 4.78 is 7.84. The molecule has 4 atom stereocenters. The number of nitrogens with zero attached hydrogens (tertiary/aromatic N) is 4. The van der Waals surface area contributed by atoms with Crippen molar-refractivity contribution in [2.45, 2.75) is 31.1 Å². The lowest BCUT2D eigenvalue weighted by atomic mass is 10.1. The molecule has 3 rings (SSSR count). The Morgan fingerprint density at radius 1 is 1.30 bits per heavy atom. The van der Waals surface area contributed by atoms with Crippen LogP contribution in [0.3, 0.4) is 0 Å². The molecule has 0 aromatic carbocycles. The Hall–Kier alpha value is -2.34. The average molecular weight is 325 g/mol. The molecular weight excluding hydrogens is 310 g/mol. The van der Waals surface area contributed by atoms with Crippen LogP contribution in [0.25, 0.3) is 11.2 Å². The predicted molar refractivity (Wildman–Crippen MR) is 72.0 cm³/mol. The third kappa shape index (κ3) is 2.49. The Labute approximate surface area is 128 Å². The van der Waals surface area contributed by atoms with Crippen molar-refractivity contribution in [2.75, 3.05) is 6.61 Å². The van der Waals surface area contributed by atoms with E-state index in [1.807, 2.05) is 0 Å². The van der Waals surface area contributed by atoms with Crippen LogP contribution >= 0.6 is 0 Å². The highest BCUT2D eigenvalue weighted by Gasteiger charge is 2.43. The molecule has 1 saturated heterocycles. The number of carbonyl (C=O) groups is 1. The summed E-state index contributed by atoms with van der Waals surface area (Å²) in [5, 5.41) is 45.7. The Bertz CT molecular complexity index is 801. The smallest absolute Gasteiger partial charge is 0.323 e. The molecule has 0 unspecified atom stereocenters. The number of imidazole rings is 1. The highest BCUT2D eigenvalue weighted by Crippen LogP contribution is 2.30. The standard InChI is InChI=1S/C12H15N5O6/c13-10-7-11(15-3-16(10)1-6(19)20)17(4-14-7)12-9(22)8(21)5(2-18)23-12/h3-5,8-9,12-13,18,21-22H,1-2H2,(H,19,20)/t5-,8-,9-,12-/m1/s1. The van der Waals surface area contributed by atoms with Crippen molar-refractivity contribution in [3.8, 4) is 0 Å². The number of aromatic nitrogens is 4. The number of aliphatic hydroxyl groups is 3. The molecule has 0 saturated carbocycles. The van der Waals surface area contributed by atoms with E-state index in [1.54, 1.807) is 0 Å². The predicted octanol–water partition coefficient (Wildman–Crippen LogP) is -2.59. The first-order valence-electron chi connectivity index (χ1n) is 6.75. The lowest BCUT2D eigenvalue weighted by Gasteiger charge is -2.16. The van der Waals surface area contributed by atoms with Gasteiger partial charge >= 0.3 is 5.97 Å². The number of nitrogens with one attached hydrogen (secondary N) is 1. The van der Waals surface area contributed by atoms with Gasteiger partial charge in [-0.25, -0.2) is 9.97 Å². The second-order valence-electron chi connectivity index (χ2n) is 5.17. The van der Waals surface area contributed by atoms with E-state index in [0.717, 1.165) is 4.57 Å². The van der Waals surface area contributed by atoms with Crippen LogP contribution in [0.2, 0.25) is 0 Å². The van der Waals surface area contributed by atoms with E-state index in [1.165, 1.54) is 17.2 Å². The minimum atomic E-state index is -1.30. The van der Waals surface area contributed by atoms with Gasteiger partial charge in [-0.2, -0.15) is 0 Å². The molecule has 5 N–H and O–H groups in total. The molecule has 0 amide bonds. The first-order valence-corrected chi connectivity index (χ1v) is 6.75. The number of ether oxygens (including phenoxy) is 1. The van der Waals surface area contributed by atoms with E-state index in [9.17, 15) is 15.0 Å². The molecule has 2 aromatic heterocycles. The molecule has 1 fully saturated rings. The average Bonchev–Trinajstić information content (AvgIpc) is 3.05. The van der Waals surface area contributed by atoms with E-state index >= 15 is 0 Å². The number of aliphatic hydroxyl groups excluding tert-OH is 3. The zero-order valence-corrected chi connectivity index (χ0v) is 11.8. The van der Waals surface area contributed by atoms with Gasteiger partial charge in [0.1, 0.15) is 30.4 Å². The van der Waals surface area contributed by atoms with Gasteiger partial charge in [0.15, 0.2) is 17.4 Å². The topological polar surface area (TPSA) is 167 Å². The molecule has 3 heterocycles. The Morgan fingerprint density at radius 3 is 2.65 bits per heavy atom. The normalized spacial score (nSPS) is 27.6. The molecule has 23 heavy (non-hydrogen) atoms. The summed E-state index contributed by atoms with van der Waals surface area (Å²) in [4.78, 5) is 18.8. The molecule has 1 aliphatic rings. The fraction of sp³-hybridized carbons (Fsp3) is 0.500. The Morgan fingerprint density at radius 2 is 2.04 bits per heavy atom. The maximum absolute atomic E-state index is 10.8. The largest absolute Gasteiger partial charge is 0.480 e. The lowest BCUT2D eigenvalue weighted by molar-refractivity contribution is -0.137. The van der Waals surface area contributed by atoms with Gasteiger partial charge in [-0.1, -0.05) is 0 Å². The molecule has 0 radical (unpaired) electrons. The van der Waals surface area contributed by atoms with E-state index in [0.29, 0.717) is 0 Å². The molecule has 1 aliphatic heterocycles. The monoisotopic (exact) mass is 325 g/mol. The highest BCUT2D eigenvalue weighted by atomic mass is 16.6. The van der Waals surface area contributed by atoms with Gasteiger partial charge in [0.05, 0.1) is 19.3 Å². The van der Waals surface area contributed by atoms with Crippen LogP contribution in [0.5, 0.6) is 0 Å². The summed E-state index contributed by atoms with van der Waals surface area (Å²) >= 11 is 0. The fourth-order valence-electron chi connectivity index (χ4n) is 2.53. The van der Waals surface area contributed by atoms with Crippen molar-refractivity contribution in [1.29, 1.82) is 5.41 Å². The zero-order chi connectivity index (χ0) is 16.7. The molecule has 0 spiro atoms. The summed E-state index contributed by atoms with van der Waals surface area (Å²) in [6.07, 6.45) is -2.07. The summed E-state index contributed by atoms with van der Waals surface area (Å²) in [6, 6.07) is 0. The van der Waals surface area contributed by atoms with E-state index in [2.05, 4.69) is 9.97 Å². The molecule has 11 heteroatoms. The summed E-state index contributed by atoms with van der Waals surface area (Å²) in [5.74, 6) is -1.12. The van der Waals surface area contributed by atoms with Crippen molar-refractivity contribution in [3.63, 3.8) is 0 Å². The van der Waals surface area contributed by atoms with Crippen LogP contribution in [0.4, 0.5) is 0 Å². The number of carboxylic acid groups (broad SMARTS) is 1. The molecule has 124 valence electrons. The van der Waals surface area contributed by atoms with Gasteiger partial charge in [0.25, 0.3) is 0 Å². The second kappa shape index (κ2) is 5.70. The van der Waals surface area contributed by atoms with Gasteiger partial charge in [-0.15, -0.1) is 0 Å². The summed E-state index contributed by atoms with van der Waals surface area (Å²) in [7, 11) is 0. The number of hydrogen-bond acceptors (Lipinski definition) is 8. The van der Waals surface area contributed by atoms with Gasteiger partial charge in [-0.05, 0) is 0 Å². The van der Waals surface area contributed by atoms with Crippen LogP contribution in [0, 0.1) is 5.41 Å². The van der Waals surface area contributed by atoms with Crippen LogP contribution in [-0.4, -0.2) is 70.4 Å². The molecular formula is C12H15N5O6. The maximum Gasteiger partial charge on any atom is 0.323 e. The van der Waals surface area contributed by atoms with Gasteiger partial charge < -0.3 is 29.7 Å². The van der Waals surface area contributed by atoms with Crippen molar-refractivity contribution >= 4 is 17.1 Å². The number of aliphatic carboxylic acids is 1.